The summed E-state index contributed by atoms with van der Waals surface area (Å²) in [6.07, 6.45) is 0. The smallest absolute Gasteiger partial charge is 0.153 e. The average molecular weight is 302 g/mol. The number of aromatic nitrogens is 5. The molecule has 0 aliphatic carbocycles. The van der Waals surface area contributed by atoms with Gasteiger partial charge in [-0.15, -0.1) is 11.3 Å². The summed E-state index contributed by atoms with van der Waals surface area (Å²) < 4.78 is 1.84. The first-order valence-electron chi connectivity index (χ1n) is 6.82. The molecular formula is C14H18N6S. The van der Waals surface area contributed by atoms with Gasteiger partial charge >= 0.3 is 0 Å². The number of nitrogens with one attached hydrogen (secondary N) is 1. The minimum absolute atomic E-state index is 0.535. The van der Waals surface area contributed by atoms with Gasteiger partial charge in [-0.05, 0) is 33.3 Å². The van der Waals surface area contributed by atoms with Crippen molar-refractivity contribution in [2.24, 2.45) is 0 Å². The van der Waals surface area contributed by atoms with Gasteiger partial charge in [0.2, 0.25) is 0 Å². The van der Waals surface area contributed by atoms with Crippen molar-refractivity contribution in [1.82, 2.24) is 24.7 Å². The van der Waals surface area contributed by atoms with E-state index >= 15 is 0 Å². The van der Waals surface area contributed by atoms with E-state index in [2.05, 4.69) is 39.2 Å². The minimum atomic E-state index is 0.535. The lowest BCUT2D eigenvalue weighted by atomic mass is 10.2. The van der Waals surface area contributed by atoms with Crippen molar-refractivity contribution >= 4 is 27.4 Å². The maximum Gasteiger partial charge on any atom is 0.153 e. The summed E-state index contributed by atoms with van der Waals surface area (Å²) >= 11 is 1.71. The predicted molar refractivity (Wildman–Crippen MR) is 85.0 cm³/mol. The summed E-state index contributed by atoms with van der Waals surface area (Å²) in [5.41, 5.74) is 1.25. The van der Waals surface area contributed by atoms with Crippen molar-refractivity contribution in [3.8, 4) is 0 Å². The second kappa shape index (κ2) is 5.07. The number of rotatable bonds is 3. The monoisotopic (exact) mass is 302 g/mol. The van der Waals surface area contributed by atoms with Crippen LogP contribution < -0.4 is 5.32 Å². The Morgan fingerprint density at radius 1 is 1.10 bits per heavy atom. The molecule has 3 rings (SSSR count). The van der Waals surface area contributed by atoms with Crippen LogP contribution in [0.25, 0.3) is 10.2 Å². The first kappa shape index (κ1) is 13.9. The molecule has 0 saturated heterocycles. The number of anilines is 1. The molecule has 0 fully saturated rings. The van der Waals surface area contributed by atoms with Crippen LogP contribution in [0, 0.1) is 27.7 Å². The van der Waals surface area contributed by atoms with Gasteiger partial charge in [0.15, 0.2) is 5.82 Å². The SMILES string of the molecule is CNc1nc(Cn2nc(C)nc2C)nc2sc(C)c(C)c12. The highest BCUT2D eigenvalue weighted by Crippen LogP contribution is 2.33. The van der Waals surface area contributed by atoms with Gasteiger partial charge in [0.25, 0.3) is 0 Å². The molecule has 3 aromatic heterocycles. The second-order valence-corrected chi connectivity index (χ2v) is 6.27. The number of hydrogen-bond acceptors (Lipinski definition) is 6. The van der Waals surface area contributed by atoms with Crippen molar-refractivity contribution in [3.05, 3.63) is 27.9 Å². The van der Waals surface area contributed by atoms with Crippen molar-refractivity contribution in [3.63, 3.8) is 0 Å². The Morgan fingerprint density at radius 2 is 1.86 bits per heavy atom. The first-order chi connectivity index (χ1) is 9.99. The molecule has 7 heteroatoms. The summed E-state index contributed by atoms with van der Waals surface area (Å²) in [6.45, 7) is 8.59. The molecule has 0 aliphatic heterocycles. The van der Waals surface area contributed by atoms with E-state index in [4.69, 9.17) is 0 Å². The first-order valence-corrected chi connectivity index (χ1v) is 7.63. The molecule has 3 heterocycles. The number of thiophene rings is 1. The maximum absolute atomic E-state index is 4.69. The van der Waals surface area contributed by atoms with Crippen molar-refractivity contribution in [1.29, 1.82) is 0 Å². The fraction of sp³-hybridized carbons (Fsp3) is 0.429. The molecule has 110 valence electrons. The third-order valence-electron chi connectivity index (χ3n) is 3.57. The lowest BCUT2D eigenvalue weighted by molar-refractivity contribution is 0.632. The highest BCUT2D eigenvalue weighted by molar-refractivity contribution is 7.18. The number of fused-ring (bicyclic) bond motifs is 1. The van der Waals surface area contributed by atoms with Gasteiger partial charge in [0.1, 0.15) is 28.8 Å². The van der Waals surface area contributed by atoms with Gasteiger partial charge < -0.3 is 5.32 Å². The largest absolute Gasteiger partial charge is 0.372 e. The van der Waals surface area contributed by atoms with E-state index in [0.29, 0.717) is 6.54 Å². The topological polar surface area (TPSA) is 68.5 Å². The highest BCUT2D eigenvalue weighted by atomic mass is 32.1. The standard InChI is InChI=1S/C14H18N6S/c1-7-8(2)21-14-12(7)13(15-5)17-11(18-14)6-20-10(4)16-9(3)19-20/h6H2,1-5H3,(H,15,17,18). The maximum atomic E-state index is 4.69. The van der Waals surface area contributed by atoms with Crippen LogP contribution in [0.2, 0.25) is 0 Å². The van der Waals surface area contributed by atoms with Gasteiger partial charge in [0, 0.05) is 11.9 Å². The third kappa shape index (κ3) is 2.37. The molecule has 21 heavy (non-hydrogen) atoms. The molecule has 0 saturated carbocycles. The van der Waals surface area contributed by atoms with Crippen LogP contribution in [-0.2, 0) is 6.54 Å². The van der Waals surface area contributed by atoms with Crippen LogP contribution in [0.4, 0.5) is 5.82 Å². The Hall–Kier alpha value is -2.02. The molecule has 0 amide bonds. The summed E-state index contributed by atoms with van der Waals surface area (Å²) in [6, 6.07) is 0. The lowest BCUT2D eigenvalue weighted by Gasteiger charge is -2.07. The molecule has 1 N–H and O–H groups in total. The minimum Gasteiger partial charge on any atom is -0.372 e. The molecule has 0 unspecified atom stereocenters. The third-order valence-corrected chi connectivity index (χ3v) is 4.67. The molecule has 0 aromatic carbocycles. The number of nitrogens with zero attached hydrogens (tertiary/aromatic N) is 5. The molecule has 0 bridgehead atoms. The quantitative estimate of drug-likeness (QED) is 0.805. The Bertz CT molecular complexity index is 817. The summed E-state index contributed by atoms with van der Waals surface area (Å²) in [7, 11) is 1.89. The Kier molecular flexibility index (Phi) is 3.36. The van der Waals surface area contributed by atoms with Crippen LogP contribution in [0.3, 0.4) is 0 Å². The molecular weight excluding hydrogens is 284 g/mol. The van der Waals surface area contributed by atoms with Gasteiger partial charge in [-0.2, -0.15) is 5.10 Å². The van der Waals surface area contributed by atoms with Crippen molar-refractivity contribution in [2.75, 3.05) is 12.4 Å². The average Bonchev–Trinajstić information content (AvgIpc) is 2.89. The lowest BCUT2D eigenvalue weighted by Crippen LogP contribution is -2.09. The predicted octanol–water partition coefficient (Wildman–Crippen LogP) is 2.61. The zero-order valence-corrected chi connectivity index (χ0v) is 13.7. The number of aryl methyl sites for hydroxylation is 4. The van der Waals surface area contributed by atoms with E-state index in [1.807, 2.05) is 25.6 Å². The molecule has 3 aromatic rings. The summed E-state index contributed by atoms with van der Waals surface area (Å²) in [4.78, 5) is 15.9. The van der Waals surface area contributed by atoms with Gasteiger partial charge in [-0.25, -0.2) is 19.6 Å². The fourth-order valence-corrected chi connectivity index (χ4v) is 3.44. The van der Waals surface area contributed by atoms with Gasteiger partial charge in [-0.3, -0.25) is 0 Å². The summed E-state index contributed by atoms with van der Waals surface area (Å²) in [5, 5.41) is 8.67. The molecule has 6 nitrogen and oxygen atoms in total. The zero-order chi connectivity index (χ0) is 15.1. The molecule has 0 atom stereocenters. The van der Waals surface area contributed by atoms with Crippen molar-refractivity contribution < 1.29 is 0 Å². The van der Waals surface area contributed by atoms with Crippen molar-refractivity contribution in [2.45, 2.75) is 34.2 Å². The van der Waals surface area contributed by atoms with E-state index in [1.165, 1.54) is 10.4 Å². The fourth-order valence-electron chi connectivity index (χ4n) is 2.39. The van der Waals surface area contributed by atoms with E-state index in [1.54, 1.807) is 11.3 Å². The van der Waals surface area contributed by atoms with E-state index in [0.717, 1.165) is 33.5 Å². The van der Waals surface area contributed by atoms with Crippen LogP contribution >= 0.6 is 11.3 Å². The molecule has 0 spiro atoms. The van der Waals surface area contributed by atoms with E-state index < -0.39 is 0 Å². The van der Waals surface area contributed by atoms with Crippen LogP contribution in [0.1, 0.15) is 27.9 Å². The van der Waals surface area contributed by atoms with Crippen LogP contribution in [0.5, 0.6) is 0 Å². The van der Waals surface area contributed by atoms with Crippen LogP contribution in [-0.4, -0.2) is 31.8 Å². The van der Waals surface area contributed by atoms with Gasteiger partial charge in [-0.1, -0.05) is 0 Å². The van der Waals surface area contributed by atoms with E-state index in [-0.39, 0.29) is 0 Å². The Labute approximate surface area is 127 Å². The summed E-state index contributed by atoms with van der Waals surface area (Å²) in [5.74, 6) is 3.28. The second-order valence-electron chi connectivity index (χ2n) is 5.07. The highest BCUT2D eigenvalue weighted by Gasteiger charge is 2.14. The molecule has 0 aliphatic rings. The Balaban J connectivity index is 2.09. The number of hydrogen-bond donors (Lipinski definition) is 1. The Morgan fingerprint density at radius 3 is 2.48 bits per heavy atom. The zero-order valence-electron chi connectivity index (χ0n) is 12.9. The van der Waals surface area contributed by atoms with E-state index in [9.17, 15) is 0 Å². The molecule has 0 radical (unpaired) electrons. The van der Waals surface area contributed by atoms with Crippen LogP contribution in [0.15, 0.2) is 0 Å². The normalized spacial score (nSPS) is 11.3. The van der Waals surface area contributed by atoms with Gasteiger partial charge in [0.05, 0.1) is 5.39 Å².